The number of fused-ring (bicyclic) bond motifs is 1. The van der Waals surface area contributed by atoms with Gasteiger partial charge in [-0.25, -0.2) is 14.8 Å². The van der Waals surface area contributed by atoms with E-state index in [1.165, 1.54) is 0 Å². The van der Waals surface area contributed by atoms with Gasteiger partial charge in [0.25, 0.3) is 0 Å². The second kappa shape index (κ2) is 10.5. The summed E-state index contributed by atoms with van der Waals surface area (Å²) in [5.74, 6) is -0.0510. The standard InChI is InChI=1S/C22H30N4O5/c1-5-31-22(28)20-21(24-18-13-16(3)15(2)12-17(18)23-20)26-8-6-25(7-9-26)19(27)14-30-11-10-29-4/h12-13H,5-11,14H2,1-4H3. The van der Waals surface area contributed by atoms with E-state index in [1.807, 2.05) is 30.9 Å². The summed E-state index contributed by atoms with van der Waals surface area (Å²) >= 11 is 0. The number of amides is 1. The van der Waals surface area contributed by atoms with Crippen LogP contribution in [0.3, 0.4) is 0 Å². The largest absolute Gasteiger partial charge is 0.461 e. The Labute approximate surface area is 182 Å². The molecule has 0 unspecified atom stereocenters. The van der Waals surface area contributed by atoms with E-state index in [0.717, 1.165) is 16.6 Å². The van der Waals surface area contributed by atoms with E-state index in [9.17, 15) is 9.59 Å². The fourth-order valence-electron chi connectivity index (χ4n) is 3.42. The predicted octanol–water partition coefficient (Wildman–Crippen LogP) is 1.73. The molecule has 9 heteroatoms. The van der Waals surface area contributed by atoms with Crippen LogP contribution in [0.1, 0.15) is 28.5 Å². The van der Waals surface area contributed by atoms with Crippen LogP contribution in [-0.2, 0) is 19.0 Å². The highest BCUT2D eigenvalue weighted by atomic mass is 16.5. The Kier molecular flexibility index (Phi) is 7.75. The number of carbonyl (C=O) groups excluding carboxylic acids is 2. The van der Waals surface area contributed by atoms with Crippen molar-refractivity contribution >= 4 is 28.7 Å². The number of benzene rings is 1. The van der Waals surface area contributed by atoms with Gasteiger partial charge in [0.2, 0.25) is 5.91 Å². The van der Waals surface area contributed by atoms with Crippen LogP contribution in [0.25, 0.3) is 11.0 Å². The number of anilines is 1. The van der Waals surface area contributed by atoms with Crippen LogP contribution >= 0.6 is 0 Å². The average Bonchev–Trinajstić information content (AvgIpc) is 2.77. The zero-order chi connectivity index (χ0) is 22.4. The highest BCUT2D eigenvalue weighted by Gasteiger charge is 2.27. The third kappa shape index (κ3) is 5.48. The van der Waals surface area contributed by atoms with E-state index in [0.29, 0.717) is 50.7 Å². The fraction of sp³-hybridized carbons (Fsp3) is 0.545. The second-order valence-electron chi connectivity index (χ2n) is 7.45. The number of ether oxygens (including phenoxy) is 3. The number of hydrogen-bond acceptors (Lipinski definition) is 8. The van der Waals surface area contributed by atoms with Gasteiger partial charge in [-0.15, -0.1) is 0 Å². The van der Waals surface area contributed by atoms with Crippen LogP contribution in [0.2, 0.25) is 0 Å². The first-order valence-corrected chi connectivity index (χ1v) is 10.5. The minimum Gasteiger partial charge on any atom is -0.461 e. The average molecular weight is 431 g/mol. The molecule has 0 radical (unpaired) electrons. The van der Waals surface area contributed by atoms with E-state index < -0.39 is 5.97 Å². The zero-order valence-electron chi connectivity index (χ0n) is 18.6. The van der Waals surface area contributed by atoms with E-state index in [-0.39, 0.29) is 24.8 Å². The number of methoxy groups -OCH3 is 1. The first-order valence-electron chi connectivity index (χ1n) is 10.5. The summed E-state index contributed by atoms with van der Waals surface area (Å²) in [6.07, 6.45) is 0. The molecule has 1 aliphatic rings. The van der Waals surface area contributed by atoms with Crippen molar-refractivity contribution in [2.75, 3.05) is 64.6 Å². The van der Waals surface area contributed by atoms with Crippen molar-refractivity contribution in [3.05, 3.63) is 29.0 Å². The number of nitrogens with zero attached hydrogens (tertiary/aromatic N) is 4. The van der Waals surface area contributed by atoms with Crippen molar-refractivity contribution in [3.8, 4) is 0 Å². The Balaban J connectivity index is 1.78. The number of aromatic nitrogens is 2. The molecular weight excluding hydrogens is 400 g/mol. The van der Waals surface area contributed by atoms with Gasteiger partial charge in [0, 0.05) is 33.3 Å². The molecule has 1 saturated heterocycles. The first kappa shape index (κ1) is 22.9. The maximum absolute atomic E-state index is 12.6. The Morgan fingerprint density at radius 2 is 1.65 bits per heavy atom. The second-order valence-corrected chi connectivity index (χ2v) is 7.45. The topological polar surface area (TPSA) is 94.1 Å². The van der Waals surface area contributed by atoms with Gasteiger partial charge in [-0.05, 0) is 44.0 Å². The smallest absolute Gasteiger partial charge is 0.360 e. The summed E-state index contributed by atoms with van der Waals surface area (Å²) in [7, 11) is 1.59. The summed E-state index contributed by atoms with van der Waals surface area (Å²) in [5.41, 5.74) is 3.80. The molecule has 0 aliphatic carbocycles. The first-order chi connectivity index (χ1) is 14.9. The molecule has 168 valence electrons. The molecule has 3 rings (SSSR count). The van der Waals surface area contributed by atoms with Crippen LogP contribution in [0.4, 0.5) is 5.82 Å². The van der Waals surface area contributed by atoms with Crippen LogP contribution in [0.5, 0.6) is 0 Å². The summed E-state index contributed by atoms with van der Waals surface area (Å²) < 4.78 is 15.5. The number of aryl methyl sites for hydroxylation is 2. The van der Waals surface area contributed by atoms with Gasteiger partial charge in [0.15, 0.2) is 11.5 Å². The normalized spacial score (nSPS) is 14.2. The lowest BCUT2D eigenvalue weighted by atomic mass is 10.1. The molecule has 0 saturated carbocycles. The molecule has 1 aliphatic heterocycles. The van der Waals surface area contributed by atoms with Gasteiger partial charge in [-0.2, -0.15) is 0 Å². The molecule has 1 amide bonds. The highest BCUT2D eigenvalue weighted by Crippen LogP contribution is 2.25. The molecule has 0 atom stereocenters. The third-order valence-electron chi connectivity index (χ3n) is 5.32. The van der Waals surface area contributed by atoms with E-state index in [2.05, 4.69) is 4.98 Å². The summed E-state index contributed by atoms with van der Waals surface area (Å²) in [4.78, 5) is 38.1. The van der Waals surface area contributed by atoms with Gasteiger partial charge in [0.05, 0.1) is 30.9 Å². The lowest BCUT2D eigenvalue weighted by Crippen LogP contribution is -2.50. The van der Waals surface area contributed by atoms with Crippen LogP contribution < -0.4 is 4.90 Å². The predicted molar refractivity (Wildman–Crippen MR) is 116 cm³/mol. The maximum atomic E-state index is 12.6. The van der Waals surface area contributed by atoms with Gasteiger partial charge >= 0.3 is 5.97 Å². The van der Waals surface area contributed by atoms with Crippen molar-refractivity contribution in [1.82, 2.24) is 14.9 Å². The van der Waals surface area contributed by atoms with Crippen LogP contribution in [0, 0.1) is 13.8 Å². The number of rotatable bonds is 8. The van der Waals surface area contributed by atoms with Gasteiger partial charge in [-0.1, -0.05) is 0 Å². The summed E-state index contributed by atoms with van der Waals surface area (Å²) in [6.45, 7) is 9.04. The quantitative estimate of drug-likeness (QED) is 0.462. The van der Waals surface area contributed by atoms with Crippen LogP contribution in [-0.4, -0.2) is 86.5 Å². The molecule has 9 nitrogen and oxygen atoms in total. The van der Waals surface area contributed by atoms with Crippen LogP contribution in [0.15, 0.2) is 12.1 Å². The summed E-state index contributed by atoms with van der Waals surface area (Å²) in [6, 6.07) is 3.91. The molecule has 0 bridgehead atoms. The third-order valence-corrected chi connectivity index (χ3v) is 5.32. The molecule has 1 aromatic carbocycles. The molecule has 0 N–H and O–H groups in total. The molecule has 31 heavy (non-hydrogen) atoms. The van der Waals surface area contributed by atoms with Gasteiger partial charge < -0.3 is 24.0 Å². The van der Waals surface area contributed by atoms with Crippen molar-refractivity contribution in [1.29, 1.82) is 0 Å². The molecule has 1 aromatic heterocycles. The minimum absolute atomic E-state index is 0.0336. The Hall–Kier alpha value is -2.78. The highest BCUT2D eigenvalue weighted by molar-refractivity contribution is 5.95. The van der Waals surface area contributed by atoms with E-state index in [1.54, 1.807) is 18.9 Å². The molecule has 0 spiro atoms. The molecule has 2 heterocycles. The van der Waals surface area contributed by atoms with Crippen molar-refractivity contribution in [2.45, 2.75) is 20.8 Å². The van der Waals surface area contributed by atoms with Gasteiger partial charge in [0.1, 0.15) is 6.61 Å². The summed E-state index contributed by atoms with van der Waals surface area (Å²) in [5, 5.41) is 0. The van der Waals surface area contributed by atoms with Crippen molar-refractivity contribution in [2.24, 2.45) is 0 Å². The SMILES string of the molecule is CCOC(=O)c1nc2cc(C)c(C)cc2nc1N1CCN(C(=O)COCCOC)CC1. The number of carbonyl (C=O) groups is 2. The number of piperazine rings is 1. The molecule has 1 fully saturated rings. The molecule has 2 aromatic rings. The van der Waals surface area contributed by atoms with E-state index >= 15 is 0 Å². The lowest BCUT2D eigenvalue weighted by molar-refractivity contribution is -0.136. The Bertz CT molecular complexity index is 941. The maximum Gasteiger partial charge on any atom is 0.360 e. The number of hydrogen-bond donors (Lipinski definition) is 0. The Morgan fingerprint density at radius 1 is 1.00 bits per heavy atom. The zero-order valence-corrected chi connectivity index (χ0v) is 18.6. The minimum atomic E-state index is -0.491. The Morgan fingerprint density at radius 3 is 2.26 bits per heavy atom. The van der Waals surface area contributed by atoms with Gasteiger partial charge in [-0.3, -0.25) is 4.79 Å². The lowest BCUT2D eigenvalue weighted by Gasteiger charge is -2.35. The molecular formula is C22H30N4O5. The van der Waals surface area contributed by atoms with E-state index in [4.69, 9.17) is 19.2 Å². The van der Waals surface area contributed by atoms with Crippen molar-refractivity contribution in [3.63, 3.8) is 0 Å². The fourth-order valence-corrected chi connectivity index (χ4v) is 3.42. The monoisotopic (exact) mass is 430 g/mol. The van der Waals surface area contributed by atoms with Crippen molar-refractivity contribution < 1.29 is 23.8 Å². The number of esters is 1.